The van der Waals surface area contributed by atoms with E-state index in [9.17, 15) is 8.42 Å². The Kier molecular flexibility index (Phi) is 9.67. The number of nitrogens with one attached hydrogen (secondary N) is 2. The van der Waals surface area contributed by atoms with Crippen LogP contribution in [0, 0.1) is 0 Å². The molecule has 0 bridgehead atoms. The number of halogens is 1. The molecule has 2 N–H and O–H groups in total. The van der Waals surface area contributed by atoms with Crippen LogP contribution in [0.25, 0.3) is 0 Å². The standard InChI is InChI=1S/C14H26N6O3S.HI/c1-15-14(16-5-3-6-17-24(2,21)22)20-9-7-19(8-10-20)12-13-4-11-23-18-13;/h4,11,17H,3,5-10,12H2,1-2H3,(H,15,16);1H. The van der Waals surface area contributed by atoms with Crippen LogP contribution in [0.15, 0.2) is 21.8 Å². The van der Waals surface area contributed by atoms with Crippen molar-refractivity contribution in [2.45, 2.75) is 13.0 Å². The lowest BCUT2D eigenvalue weighted by Crippen LogP contribution is -2.52. The molecule has 1 aromatic rings. The molecule has 9 nitrogen and oxygen atoms in total. The van der Waals surface area contributed by atoms with Gasteiger partial charge in [-0.15, -0.1) is 24.0 Å². The topological polar surface area (TPSA) is 103 Å². The Labute approximate surface area is 166 Å². The first-order valence-electron chi connectivity index (χ1n) is 8.00. The van der Waals surface area contributed by atoms with Crippen LogP contribution in [0.1, 0.15) is 12.1 Å². The highest BCUT2D eigenvalue weighted by Gasteiger charge is 2.20. The highest BCUT2D eigenvalue weighted by Crippen LogP contribution is 2.07. The van der Waals surface area contributed by atoms with E-state index in [0.717, 1.165) is 50.6 Å². The summed E-state index contributed by atoms with van der Waals surface area (Å²) in [6, 6.07) is 1.89. The van der Waals surface area contributed by atoms with Crippen molar-refractivity contribution >= 4 is 40.0 Å². The van der Waals surface area contributed by atoms with Gasteiger partial charge in [0.25, 0.3) is 0 Å². The van der Waals surface area contributed by atoms with Crippen LogP contribution in [0.3, 0.4) is 0 Å². The zero-order valence-electron chi connectivity index (χ0n) is 14.6. The number of guanidine groups is 1. The Hall–Kier alpha value is -0.920. The second-order valence-corrected chi connectivity index (χ2v) is 7.58. The molecule has 0 aromatic carbocycles. The molecule has 2 rings (SSSR count). The first-order valence-corrected chi connectivity index (χ1v) is 9.89. The van der Waals surface area contributed by atoms with Gasteiger partial charge in [-0.1, -0.05) is 5.16 Å². The molecule has 0 saturated carbocycles. The van der Waals surface area contributed by atoms with Crippen molar-refractivity contribution in [3.8, 4) is 0 Å². The fourth-order valence-electron chi connectivity index (χ4n) is 2.54. The van der Waals surface area contributed by atoms with Gasteiger partial charge in [0.1, 0.15) is 6.26 Å². The van der Waals surface area contributed by atoms with E-state index in [1.54, 1.807) is 13.3 Å². The Morgan fingerprint density at radius 2 is 2.04 bits per heavy atom. The average Bonchev–Trinajstić information content (AvgIpc) is 3.04. The molecule has 1 fully saturated rings. The smallest absolute Gasteiger partial charge is 0.208 e. The molecule has 1 aliphatic heterocycles. The van der Waals surface area contributed by atoms with E-state index in [1.807, 2.05) is 6.07 Å². The summed E-state index contributed by atoms with van der Waals surface area (Å²) in [6.07, 6.45) is 3.46. The first-order chi connectivity index (χ1) is 11.5. The number of sulfonamides is 1. The molecular formula is C14H27IN6O3S. The third-order valence-corrected chi connectivity index (χ3v) is 4.49. The molecule has 11 heteroatoms. The Morgan fingerprint density at radius 1 is 1.32 bits per heavy atom. The van der Waals surface area contributed by atoms with Crippen molar-refractivity contribution in [1.82, 2.24) is 25.0 Å². The van der Waals surface area contributed by atoms with Gasteiger partial charge >= 0.3 is 0 Å². The van der Waals surface area contributed by atoms with Crippen LogP contribution in [0.2, 0.25) is 0 Å². The van der Waals surface area contributed by atoms with Gasteiger partial charge in [-0.05, 0) is 6.42 Å². The highest BCUT2D eigenvalue weighted by molar-refractivity contribution is 14.0. The van der Waals surface area contributed by atoms with Crippen molar-refractivity contribution in [2.24, 2.45) is 4.99 Å². The fraction of sp³-hybridized carbons (Fsp3) is 0.714. The van der Waals surface area contributed by atoms with E-state index < -0.39 is 10.0 Å². The van der Waals surface area contributed by atoms with E-state index in [0.29, 0.717) is 19.5 Å². The molecule has 1 aromatic heterocycles. The molecule has 0 atom stereocenters. The summed E-state index contributed by atoms with van der Waals surface area (Å²) in [5.41, 5.74) is 0.948. The maximum Gasteiger partial charge on any atom is 0.208 e. The van der Waals surface area contributed by atoms with E-state index in [-0.39, 0.29) is 24.0 Å². The van der Waals surface area contributed by atoms with Gasteiger partial charge < -0.3 is 14.7 Å². The third-order valence-electron chi connectivity index (χ3n) is 3.76. The molecule has 25 heavy (non-hydrogen) atoms. The predicted molar refractivity (Wildman–Crippen MR) is 108 cm³/mol. The van der Waals surface area contributed by atoms with Gasteiger partial charge in [-0.3, -0.25) is 9.89 Å². The lowest BCUT2D eigenvalue weighted by Gasteiger charge is -2.36. The van der Waals surface area contributed by atoms with Gasteiger partial charge in [0, 0.05) is 58.9 Å². The van der Waals surface area contributed by atoms with Crippen LogP contribution >= 0.6 is 24.0 Å². The Balaban J connectivity index is 0.00000312. The van der Waals surface area contributed by atoms with Gasteiger partial charge in [0.05, 0.1) is 11.9 Å². The van der Waals surface area contributed by atoms with E-state index in [4.69, 9.17) is 4.52 Å². The van der Waals surface area contributed by atoms with E-state index >= 15 is 0 Å². The summed E-state index contributed by atoms with van der Waals surface area (Å²) in [4.78, 5) is 8.85. The van der Waals surface area contributed by atoms with Crippen LogP contribution < -0.4 is 10.0 Å². The third kappa shape index (κ3) is 8.33. The van der Waals surface area contributed by atoms with Crippen molar-refractivity contribution in [1.29, 1.82) is 0 Å². The largest absolute Gasteiger partial charge is 0.364 e. The van der Waals surface area contributed by atoms with Crippen molar-refractivity contribution in [2.75, 3.05) is 52.6 Å². The molecule has 1 saturated heterocycles. The maximum atomic E-state index is 11.0. The van der Waals surface area contributed by atoms with Crippen molar-refractivity contribution in [3.05, 3.63) is 18.0 Å². The predicted octanol–water partition coefficient (Wildman–Crippen LogP) is -0.0751. The SMILES string of the molecule is CN=C(NCCCNS(C)(=O)=O)N1CCN(Cc2ccon2)CC1.I. The second-order valence-electron chi connectivity index (χ2n) is 5.75. The number of aliphatic imine (C=N–C) groups is 1. The molecule has 144 valence electrons. The second kappa shape index (κ2) is 10.9. The number of hydrogen-bond acceptors (Lipinski definition) is 6. The zero-order chi connectivity index (χ0) is 17.4. The minimum absolute atomic E-state index is 0. The Bertz CT molecular complexity index is 615. The first kappa shape index (κ1) is 22.1. The molecule has 0 spiro atoms. The molecule has 0 unspecified atom stereocenters. The molecule has 0 aliphatic carbocycles. The summed E-state index contributed by atoms with van der Waals surface area (Å²) in [6.45, 7) is 5.54. The molecule has 2 heterocycles. The highest BCUT2D eigenvalue weighted by atomic mass is 127. The number of piperazine rings is 1. The summed E-state index contributed by atoms with van der Waals surface area (Å²) in [5, 5.41) is 7.22. The molecule has 0 amide bonds. The van der Waals surface area contributed by atoms with Gasteiger partial charge in [0.2, 0.25) is 10.0 Å². The maximum absolute atomic E-state index is 11.0. The number of rotatable bonds is 7. The van der Waals surface area contributed by atoms with Crippen LogP contribution in [0.5, 0.6) is 0 Å². The minimum Gasteiger partial charge on any atom is -0.364 e. The van der Waals surface area contributed by atoms with Gasteiger partial charge in [0.15, 0.2) is 5.96 Å². The summed E-state index contributed by atoms with van der Waals surface area (Å²) in [5.74, 6) is 0.857. The van der Waals surface area contributed by atoms with Crippen LogP contribution in [0.4, 0.5) is 0 Å². The monoisotopic (exact) mass is 486 g/mol. The minimum atomic E-state index is -3.11. The van der Waals surface area contributed by atoms with Crippen LogP contribution in [-0.4, -0.2) is 81.9 Å². The summed E-state index contributed by atoms with van der Waals surface area (Å²) < 4.78 is 29.3. The molecule has 0 radical (unpaired) electrons. The normalized spacial score (nSPS) is 16.6. The lowest BCUT2D eigenvalue weighted by molar-refractivity contribution is 0.169. The van der Waals surface area contributed by atoms with Crippen molar-refractivity contribution in [3.63, 3.8) is 0 Å². The fourth-order valence-corrected chi connectivity index (χ4v) is 3.06. The zero-order valence-corrected chi connectivity index (χ0v) is 17.8. The number of aromatic nitrogens is 1. The Morgan fingerprint density at radius 3 is 2.60 bits per heavy atom. The van der Waals surface area contributed by atoms with Gasteiger partial charge in [-0.2, -0.15) is 0 Å². The van der Waals surface area contributed by atoms with E-state index in [2.05, 4.69) is 30.0 Å². The molecule has 1 aliphatic rings. The lowest BCUT2D eigenvalue weighted by atomic mass is 10.3. The van der Waals surface area contributed by atoms with E-state index in [1.165, 1.54) is 0 Å². The average molecular weight is 486 g/mol. The van der Waals surface area contributed by atoms with Gasteiger partial charge in [-0.25, -0.2) is 13.1 Å². The quantitative estimate of drug-likeness (QED) is 0.241. The number of hydrogen-bond donors (Lipinski definition) is 2. The molecular weight excluding hydrogens is 459 g/mol. The van der Waals surface area contributed by atoms with Crippen molar-refractivity contribution < 1.29 is 12.9 Å². The number of nitrogens with zero attached hydrogens (tertiary/aromatic N) is 4. The van der Waals surface area contributed by atoms with Crippen LogP contribution in [-0.2, 0) is 16.6 Å². The summed E-state index contributed by atoms with van der Waals surface area (Å²) >= 11 is 0. The summed E-state index contributed by atoms with van der Waals surface area (Å²) in [7, 11) is -1.35.